The van der Waals surface area contributed by atoms with Gasteiger partial charge in [0.2, 0.25) is 0 Å². The number of benzene rings is 1. The minimum absolute atomic E-state index is 0.0312. The smallest absolute Gasteiger partial charge is 0.317 e. The van der Waals surface area contributed by atoms with E-state index in [1.165, 1.54) is 22.3 Å². The standard InChI is InChI=1S/C21H21NO2S2/c1-15-12-26-14-20(15)19(7-9-22(2)11-21(23)24)17-5-3-16(4-6-17)18-8-10-25-13-18/h3-8,10,12-14H,9,11H2,1-2H3,(H,23,24)/b19-7+. The van der Waals surface area contributed by atoms with Gasteiger partial charge < -0.3 is 5.11 Å². The lowest BCUT2D eigenvalue weighted by atomic mass is 9.95. The van der Waals surface area contributed by atoms with Crippen LogP contribution in [0.4, 0.5) is 0 Å². The molecule has 0 atom stereocenters. The van der Waals surface area contributed by atoms with Crippen LogP contribution in [0.25, 0.3) is 16.7 Å². The molecule has 1 aromatic carbocycles. The van der Waals surface area contributed by atoms with Crippen molar-refractivity contribution >= 4 is 34.2 Å². The van der Waals surface area contributed by atoms with Gasteiger partial charge in [-0.05, 0) is 74.9 Å². The highest BCUT2D eigenvalue weighted by atomic mass is 32.1. The average molecular weight is 384 g/mol. The predicted molar refractivity (Wildman–Crippen MR) is 111 cm³/mol. The van der Waals surface area contributed by atoms with Crippen LogP contribution in [-0.4, -0.2) is 36.1 Å². The van der Waals surface area contributed by atoms with Gasteiger partial charge >= 0.3 is 5.97 Å². The number of nitrogens with zero attached hydrogens (tertiary/aromatic N) is 1. The van der Waals surface area contributed by atoms with Crippen molar-refractivity contribution in [2.45, 2.75) is 6.92 Å². The first-order valence-corrected chi connectivity index (χ1v) is 10.2. The molecule has 0 radical (unpaired) electrons. The Kier molecular flexibility index (Phi) is 6.04. The highest BCUT2D eigenvalue weighted by Crippen LogP contribution is 2.31. The van der Waals surface area contributed by atoms with Gasteiger partial charge in [-0.25, -0.2) is 0 Å². The van der Waals surface area contributed by atoms with Crippen LogP contribution >= 0.6 is 22.7 Å². The van der Waals surface area contributed by atoms with E-state index in [1.807, 2.05) is 7.05 Å². The first-order chi connectivity index (χ1) is 12.5. The van der Waals surface area contributed by atoms with Crippen LogP contribution in [0.2, 0.25) is 0 Å². The van der Waals surface area contributed by atoms with E-state index in [0.29, 0.717) is 6.54 Å². The van der Waals surface area contributed by atoms with E-state index < -0.39 is 5.97 Å². The second kappa shape index (κ2) is 8.45. The normalized spacial score (nSPS) is 11.9. The fourth-order valence-electron chi connectivity index (χ4n) is 2.83. The first-order valence-electron chi connectivity index (χ1n) is 8.31. The average Bonchev–Trinajstić information content (AvgIpc) is 3.27. The van der Waals surface area contributed by atoms with Crippen molar-refractivity contribution in [3.8, 4) is 11.1 Å². The van der Waals surface area contributed by atoms with Crippen LogP contribution in [0.5, 0.6) is 0 Å². The van der Waals surface area contributed by atoms with Gasteiger partial charge in [-0.2, -0.15) is 22.7 Å². The summed E-state index contributed by atoms with van der Waals surface area (Å²) in [6, 6.07) is 10.7. The number of carboxylic acids is 1. The van der Waals surface area contributed by atoms with E-state index in [4.69, 9.17) is 5.11 Å². The SMILES string of the molecule is Cc1cscc1/C(=C/CN(C)CC(=O)O)c1ccc(-c2ccsc2)cc1. The second-order valence-electron chi connectivity index (χ2n) is 6.27. The van der Waals surface area contributed by atoms with Crippen molar-refractivity contribution in [3.05, 3.63) is 74.6 Å². The third-order valence-electron chi connectivity index (χ3n) is 4.21. The summed E-state index contributed by atoms with van der Waals surface area (Å²) in [5, 5.41) is 17.5. The van der Waals surface area contributed by atoms with Crippen molar-refractivity contribution in [2.75, 3.05) is 20.1 Å². The second-order valence-corrected chi connectivity index (χ2v) is 7.79. The van der Waals surface area contributed by atoms with Gasteiger partial charge in [0, 0.05) is 6.54 Å². The van der Waals surface area contributed by atoms with Crippen molar-refractivity contribution in [2.24, 2.45) is 0 Å². The Hall–Kier alpha value is -2.21. The molecular formula is C21H21NO2S2. The number of likely N-dealkylation sites (N-methyl/N-ethyl adjacent to an activating group) is 1. The van der Waals surface area contributed by atoms with Crippen molar-refractivity contribution < 1.29 is 9.90 Å². The van der Waals surface area contributed by atoms with Crippen LogP contribution in [0.3, 0.4) is 0 Å². The molecule has 26 heavy (non-hydrogen) atoms. The third kappa shape index (κ3) is 4.49. The van der Waals surface area contributed by atoms with E-state index >= 15 is 0 Å². The maximum Gasteiger partial charge on any atom is 0.317 e. The molecule has 2 aromatic heterocycles. The summed E-state index contributed by atoms with van der Waals surface area (Å²) in [5.41, 5.74) is 7.19. The van der Waals surface area contributed by atoms with Crippen LogP contribution in [0.1, 0.15) is 16.7 Å². The molecule has 2 heterocycles. The van der Waals surface area contributed by atoms with Crippen molar-refractivity contribution in [3.63, 3.8) is 0 Å². The van der Waals surface area contributed by atoms with Crippen LogP contribution in [0, 0.1) is 6.92 Å². The van der Waals surface area contributed by atoms with Crippen molar-refractivity contribution in [1.29, 1.82) is 0 Å². The molecule has 0 unspecified atom stereocenters. The van der Waals surface area contributed by atoms with Gasteiger partial charge in [-0.15, -0.1) is 0 Å². The fourth-order valence-corrected chi connectivity index (χ4v) is 4.35. The Morgan fingerprint density at radius 1 is 1.08 bits per heavy atom. The zero-order valence-corrected chi connectivity index (χ0v) is 16.4. The summed E-state index contributed by atoms with van der Waals surface area (Å²) in [6.45, 7) is 2.73. The van der Waals surface area contributed by atoms with E-state index in [9.17, 15) is 4.79 Å². The van der Waals surface area contributed by atoms with E-state index in [1.54, 1.807) is 27.6 Å². The predicted octanol–water partition coefficient (Wildman–Crippen LogP) is 5.23. The van der Waals surface area contributed by atoms with E-state index in [-0.39, 0.29) is 6.54 Å². The van der Waals surface area contributed by atoms with Gasteiger partial charge in [0.25, 0.3) is 0 Å². The lowest BCUT2D eigenvalue weighted by molar-refractivity contribution is -0.137. The monoisotopic (exact) mass is 383 g/mol. The molecule has 0 saturated carbocycles. The van der Waals surface area contributed by atoms with Gasteiger partial charge in [0.05, 0.1) is 6.54 Å². The molecule has 5 heteroatoms. The molecule has 3 rings (SSSR count). The van der Waals surface area contributed by atoms with Gasteiger partial charge in [0.15, 0.2) is 0 Å². The number of hydrogen-bond acceptors (Lipinski definition) is 4. The third-order valence-corrected chi connectivity index (χ3v) is 5.75. The zero-order valence-electron chi connectivity index (χ0n) is 14.8. The minimum Gasteiger partial charge on any atom is -0.480 e. The Morgan fingerprint density at radius 2 is 1.85 bits per heavy atom. The molecule has 0 aliphatic rings. The first kappa shape index (κ1) is 18.6. The summed E-state index contributed by atoms with van der Waals surface area (Å²) in [6.07, 6.45) is 2.12. The maximum atomic E-state index is 10.9. The molecule has 0 aliphatic heterocycles. The highest BCUT2D eigenvalue weighted by Gasteiger charge is 2.11. The summed E-state index contributed by atoms with van der Waals surface area (Å²) in [4.78, 5) is 12.7. The largest absolute Gasteiger partial charge is 0.480 e. The van der Waals surface area contributed by atoms with Crippen LogP contribution < -0.4 is 0 Å². The maximum absolute atomic E-state index is 10.9. The topological polar surface area (TPSA) is 40.5 Å². The number of aliphatic carboxylic acids is 1. The Morgan fingerprint density at radius 3 is 2.42 bits per heavy atom. The summed E-state index contributed by atoms with van der Waals surface area (Å²) < 4.78 is 0. The quantitative estimate of drug-likeness (QED) is 0.607. The van der Waals surface area contributed by atoms with Gasteiger partial charge in [0.1, 0.15) is 0 Å². The van der Waals surface area contributed by atoms with Crippen LogP contribution in [0.15, 0.2) is 57.9 Å². The fraction of sp³-hybridized carbons (Fsp3) is 0.190. The lowest BCUT2D eigenvalue weighted by Crippen LogP contribution is -2.25. The van der Waals surface area contributed by atoms with Crippen molar-refractivity contribution in [1.82, 2.24) is 4.90 Å². The summed E-state index contributed by atoms with van der Waals surface area (Å²) in [5.74, 6) is -0.811. The highest BCUT2D eigenvalue weighted by molar-refractivity contribution is 7.08. The molecule has 1 N–H and O–H groups in total. The molecule has 0 bridgehead atoms. The van der Waals surface area contributed by atoms with Crippen LogP contribution in [-0.2, 0) is 4.79 Å². The molecule has 0 aliphatic carbocycles. The number of aryl methyl sites for hydroxylation is 1. The summed E-state index contributed by atoms with van der Waals surface area (Å²) >= 11 is 3.39. The van der Waals surface area contributed by atoms with E-state index in [2.05, 4.69) is 64.9 Å². The Labute approximate surface area is 161 Å². The van der Waals surface area contributed by atoms with E-state index in [0.717, 1.165) is 11.1 Å². The summed E-state index contributed by atoms with van der Waals surface area (Å²) in [7, 11) is 1.82. The molecule has 0 amide bonds. The number of thiophene rings is 2. The number of rotatable bonds is 7. The van der Waals surface area contributed by atoms with Gasteiger partial charge in [-0.1, -0.05) is 30.3 Å². The number of hydrogen-bond donors (Lipinski definition) is 1. The Balaban J connectivity index is 1.90. The Bertz CT molecular complexity index is 893. The molecule has 3 nitrogen and oxygen atoms in total. The lowest BCUT2D eigenvalue weighted by Gasteiger charge is -2.14. The molecule has 3 aromatic rings. The zero-order chi connectivity index (χ0) is 18.5. The molecule has 0 fully saturated rings. The molecule has 0 spiro atoms. The molecule has 0 saturated heterocycles. The molecular weight excluding hydrogens is 362 g/mol. The minimum atomic E-state index is -0.811. The number of carbonyl (C=O) groups is 1. The van der Waals surface area contributed by atoms with Gasteiger partial charge in [-0.3, -0.25) is 9.69 Å². The molecule has 134 valence electrons. The number of carboxylic acid groups (broad SMARTS) is 1.